The molecule has 0 aliphatic heterocycles. The van der Waals surface area contributed by atoms with Gasteiger partial charge in [0, 0.05) is 17.7 Å². The summed E-state index contributed by atoms with van der Waals surface area (Å²) in [7, 11) is 0. The van der Waals surface area contributed by atoms with Crippen LogP contribution in [0.4, 0.5) is 10.8 Å². The van der Waals surface area contributed by atoms with Crippen molar-refractivity contribution >= 4 is 32.4 Å². The van der Waals surface area contributed by atoms with Gasteiger partial charge in [-0.3, -0.25) is 10.1 Å². The highest BCUT2D eigenvalue weighted by Crippen LogP contribution is 2.36. The van der Waals surface area contributed by atoms with Gasteiger partial charge in [0.1, 0.15) is 5.75 Å². The molecule has 1 aromatic heterocycles. The van der Waals surface area contributed by atoms with E-state index in [4.69, 9.17) is 0 Å². The van der Waals surface area contributed by atoms with Gasteiger partial charge in [-0.2, -0.15) is 0 Å². The predicted octanol–water partition coefficient (Wildman–Crippen LogP) is 5.42. The summed E-state index contributed by atoms with van der Waals surface area (Å²) in [6.07, 6.45) is 0. The molecule has 0 spiro atoms. The highest BCUT2D eigenvalue weighted by atomic mass is 32.1. The molecule has 0 fully saturated rings. The smallest absolute Gasteiger partial charge is 0.270 e. The number of phenols is 1. The number of rotatable bonds is 5. The lowest BCUT2D eigenvalue weighted by molar-refractivity contribution is -0.384. The fourth-order valence-electron chi connectivity index (χ4n) is 3.04. The molecule has 3 aromatic carbocycles. The van der Waals surface area contributed by atoms with Crippen LogP contribution in [0.5, 0.6) is 5.75 Å². The molecular formula is C21H17N3O3S. The van der Waals surface area contributed by atoms with Gasteiger partial charge in [-0.1, -0.05) is 53.3 Å². The molecule has 0 aliphatic carbocycles. The first kappa shape index (κ1) is 17.9. The number of benzene rings is 3. The summed E-state index contributed by atoms with van der Waals surface area (Å²) in [5, 5.41) is 25.7. The van der Waals surface area contributed by atoms with Crippen LogP contribution in [-0.4, -0.2) is 15.0 Å². The van der Waals surface area contributed by atoms with Gasteiger partial charge in [0.05, 0.1) is 21.2 Å². The maximum absolute atomic E-state index is 11.2. The van der Waals surface area contributed by atoms with Crippen LogP contribution < -0.4 is 5.32 Å². The molecule has 28 heavy (non-hydrogen) atoms. The fraction of sp³-hybridized carbons (Fsp3) is 0.0952. The third-order valence-electron chi connectivity index (χ3n) is 4.51. The lowest BCUT2D eigenvalue weighted by atomic mass is 9.96. The summed E-state index contributed by atoms with van der Waals surface area (Å²) in [5.41, 5.74) is 3.21. The largest absolute Gasteiger partial charge is 0.508 e. The van der Waals surface area contributed by atoms with E-state index >= 15 is 0 Å². The zero-order valence-electron chi connectivity index (χ0n) is 15.0. The van der Waals surface area contributed by atoms with Gasteiger partial charge in [0.15, 0.2) is 5.13 Å². The lowest BCUT2D eigenvalue weighted by Crippen LogP contribution is -2.13. The number of phenolic OH excluding ortho intramolecular Hbond substituents is 1. The van der Waals surface area contributed by atoms with Gasteiger partial charge in [-0.15, -0.1) is 0 Å². The number of aryl methyl sites for hydroxylation is 1. The molecule has 1 heterocycles. The van der Waals surface area contributed by atoms with Gasteiger partial charge in [0.2, 0.25) is 0 Å². The third kappa shape index (κ3) is 3.52. The number of non-ortho nitro benzene ring substituents is 1. The molecule has 1 atom stereocenters. The maximum Gasteiger partial charge on any atom is 0.270 e. The van der Waals surface area contributed by atoms with Crippen molar-refractivity contribution in [2.24, 2.45) is 0 Å². The van der Waals surface area contributed by atoms with E-state index in [0.717, 1.165) is 21.3 Å². The lowest BCUT2D eigenvalue weighted by Gasteiger charge is -2.20. The van der Waals surface area contributed by atoms with E-state index in [0.29, 0.717) is 10.7 Å². The number of nitro benzene ring substituents is 1. The van der Waals surface area contributed by atoms with E-state index in [-0.39, 0.29) is 11.4 Å². The summed E-state index contributed by atoms with van der Waals surface area (Å²) in [6, 6.07) is 19.2. The summed E-state index contributed by atoms with van der Waals surface area (Å²) < 4.78 is 1.04. The number of aromatic nitrogens is 1. The van der Waals surface area contributed by atoms with E-state index in [1.54, 1.807) is 0 Å². The first-order valence-electron chi connectivity index (χ1n) is 8.67. The number of nitrogens with one attached hydrogen (secondary N) is 1. The third-order valence-corrected chi connectivity index (χ3v) is 5.47. The zero-order chi connectivity index (χ0) is 19.7. The number of nitro groups is 1. The van der Waals surface area contributed by atoms with Gasteiger partial charge in [0.25, 0.3) is 5.69 Å². The number of nitrogens with zero attached hydrogens (tertiary/aromatic N) is 2. The van der Waals surface area contributed by atoms with Crippen LogP contribution in [0.2, 0.25) is 0 Å². The van der Waals surface area contributed by atoms with Crippen LogP contribution in [0.15, 0.2) is 66.7 Å². The Balaban J connectivity index is 1.81. The first-order valence-corrected chi connectivity index (χ1v) is 9.49. The predicted molar refractivity (Wildman–Crippen MR) is 111 cm³/mol. The molecule has 0 radical (unpaired) electrons. The summed E-state index contributed by atoms with van der Waals surface area (Å²) in [5.74, 6) is -0.00946. The molecule has 0 bridgehead atoms. The minimum absolute atomic E-state index is 0.00946. The zero-order valence-corrected chi connectivity index (χ0v) is 15.8. The van der Waals surface area contributed by atoms with E-state index < -0.39 is 11.0 Å². The number of anilines is 1. The van der Waals surface area contributed by atoms with Crippen LogP contribution in [0.1, 0.15) is 22.7 Å². The molecule has 0 saturated carbocycles. The number of para-hydroxylation sites is 1. The molecule has 6 nitrogen and oxygen atoms in total. The Hall–Kier alpha value is -3.45. The highest BCUT2D eigenvalue weighted by Gasteiger charge is 2.22. The fourth-order valence-corrected chi connectivity index (χ4v) is 3.94. The van der Waals surface area contributed by atoms with Crippen LogP contribution in [0, 0.1) is 17.0 Å². The molecule has 1 unspecified atom stereocenters. The maximum atomic E-state index is 11.2. The summed E-state index contributed by atoms with van der Waals surface area (Å²) in [4.78, 5) is 15.4. The Labute approximate surface area is 165 Å². The Morgan fingerprint density at radius 1 is 1.11 bits per heavy atom. The number of hydrogen-bond donors (Lipinski definition) is 2. The number of fused-ring (bicyclic) bond motifs is 1. The molecule has 4 rings (SSSR count). The molecule has 4 aromatic rings. The van der Waals surface area contributed by atoms with Crippen molar-refractivity contribution in [3.63, 3.8) is 0 Å². The van der Waals surface area contributed by atoms with Crippen LogP contribution in [-0.2, 0) is 0 Å². The molecule has 0 aliphatic rings. The molecular weight excluding hydrogens is 374 g/mol. The normalized spacial score (nSPS) is 12.0. The monoisotopic (exact) mass is 391 g/mol. The molecule has 7 heteroatoms. The van der Waals surface area contributed by atoms with Gasteiger partial charge < -0.3 is 10.4 Å². The SMILES string of the molecule is Cc1ccc(C(Nc2nc3ccccc3s2)c2cc([N+](=O)[O-])ccc2O)cc1. The minimum atomic E-state index is -0.485. The first-order chi connectivity index (χ1) is 13.5. The number of aromatic hydroxyl groups is 1. The second-order valence-electron chi connectivity index (χ2n) is 6.48. The summed E-state index contributed by atoms with van der Waals surface area (Å²) in [6.45, 7) is 1.99. The van der Waals surface area contributed by atoms with Crippen molar-refractivity contribution in [2.45, 2.75) is 13.0 Å². The van der Waals surface area contributed by atoms with E-state index in [1.165, 1.54) is 29.5 Å². The van der Waals surface area contributed by atoms with Crippen molar-refractivity contribution in [1.82, 2.24) is 4.98 Å². The van der Waals surface area contributed by atoms with Gasteiger partial charge in [-0.05, 0) is 30.7 Å². The Morgan fingerprint density at radius 2 is 1.86 bits per heavy atom. The average molecular weight is 391 g/mol. The van der Waals surface area contributed by atoms with E-state index in [1.807, 2.05) is 55.5 Å². The van der Waals surface area contributed by atoms with Crippen LogP contribution in [0.3, 0.4) is 0 Å². The van der Waals surface area contributed by atoms with Gasteiger partial charge >= 0.3 is 0 Å². The second-order valence-corrected chi connectivity index (χ2v) is 7.51. The molecule has 2 N–H and O–H groups in total. The van der Waals surface area contributed by atoms with E-state index in [9.17, 15) is 15.2 Å². The van der Waals surface area contributed by atoms with Crippen molar-refractivity contribution in [3.05, 3.63) is 93.5 Å². The van der Waals surface area contributed by atoms with Crippen molar-refractivity contribution in [1.29, 1.82) is 0 Å². The molecule has 0 saturated heterocycles. The quantitative estimate of drug-likeness (QED) is 0.350. The Bertz CT molecular complexity index is 1120. The van der Waals surface area contributed by atoms with Crippen LogP contribution >= 0.6 is 11.3 Å². The number of thiazole rings is 1. The van der Waals surface area contributed by atoms with Crippen LogP contribution in [0.25, 0.3) is 10.2 Å². The van der Waals surface area contributed by atoms with E-state index in [2.05, 4.69) is 10.3 Å². The van der Waals surface area contributed by atoms with Crippen molar-refractivity contribution in [3.8, 4) is 5.75 Å². The van der Waals surface area contributed by atoms with Gasteiger partial charge in [-0.25, -0.2) is 4.98 Å². The van der Waals surface area contributed by atoms with Crippen molar-refractivity contribution < 1.29 is 10.0 Å². The summed E-state index contributed by atoms with van der Waals surface area (Å²) >= 11 is 1.50. The number of hydrogen-bond acceptors (Lipinski definition) is 6. The standard InChI is InChI=1S/C21H17N3O3S/c1-13-6-8-14(9-7-13)20(16-12-15(24(26)27)10-11-18(16)25)23-21-22-17-4-2-3-5-19(17)28-21/h2-12,20,25H,1H3,(H,22,23). The topological polar surface area (TPSA) is 88.3 Å². The minimum Gasteiger partial charge on any atom is -0.508 e. The molecule has 0 amide bonds. The van der Waals surface area contributed by atoms with Crippen molar-refractivity contribution in [2.75, 3.05) is 5.32 Å². The Morgan fingerprint density at radius 3 is 2.57 bits per heavy atom. The Kier molecular flexibility index (Phi) is 4.67. The average Bonchev–Trinajstić information content (AvgIpc) is 3.10. The molecule has 140 valence electrons. The second kappa shape index (κ2) is 7.28. The highest BCUT2D eigenvalue weighted by molar-refractivity contribution is 7.22.